The van der Waals surface area contributed by atoms with Crippen LogP contribution in [0.3, 0.4) is 0 Å². The maximum atomic E-state index is 6.39. The first-order valence-corrected chi connectivity index (χ1v) is 8.08. The van der Waals surface area contributed by atoms with Gasteiger partial charge in [-0.05, 0) is 42.0 Å². The molecule has 1 aromatic carbocycles. The number of fused-ring (bicyclic) bond motifs is 1. The minimum atomic E-state index is 0.603. The summed E-state index contributed by atoms with van der Waals surface area (Å²) >= 11 is 12.5. The number of benzene rings is 1. The quantitative estimate of drug-likeness (QED) is 0.734. The van der Waals surface area contributed by atoms with Gasteiger partial charge in [0.1, 0.15) is 0 Å². The number of hydrogen-bond donors (Lipinski definition) is 1. The molecule has 1 heterocycles. The van der Waals surface area contributed by atoms with Crippen LogP contribution in [-0.4, -0.2) is 6.54 Å². The van der Waals surface area contributed by atoms with Crippen LogP contribution >= 0.6 is 23.2 Å². The molecular weight excluding hydrogens is 277 g/mol. The van der Waals surface area contributed by atoms with Crippen LogP contribution in [0.4, 0.5) is 0 Å². The third kappa shape index (κ3) is 3.45. The van der Waals surface area contributed by atoms with Crippen LogP contribution in [0.1, 0.15) is 56.6 Å². The van der Waals surface area contributed by atoms with E-state index in [2.05, 4.69) is 25.2 Å². The maximum absolute atomic E-state index is 6.39. The van der Waals surface area contributed by atoms with Crippen molar-refractivity contribution in [3.8, 4) is 0 Å². The van der Waals surface area contributed by atoms with Crippen molar-refractivity contribution >= 4 is 23.2 Å². The van der Waals surface area contributed by atoms with Crippen molar-refractivity contribution in [2.24, 2.45) is 5.92 Å². The molecule has 0 bridgehead atoms. The summed E-state index contributed by atoms with van der Waals surface area (Å²) in [5.74, 6) is 1.25. The smallest absolute Gasteiger partial charge is 0.0640 e. The molecule has 0 saturated carbocycles. The van der Waals surface area contributed by atoms with Gasteiger partial charge in [-0.25, -0.2) is 0 Å². The number of unbranched alkanes of at least 4 members (excludes halogenated alkanes) is 2. The average Bonchev–Trinajstić information content (AvgIpc) is 2.55. The van der Waals surface area contributed by atoms with Crippen LogP contribution in [0, 0.1) is 5.92 Å². The Hall–Kier alpha value is -0.240. The third-order valence-electron chi connectivity index (χ3n) is 4.21. The summed E-state index contributed by atoms with van der Waals surface area (Å²) in [6.45, 7) is 6.48. The van der Waals surface area contributed by atoms with E-state index < -0.39 is 0 Å². The lowest BCUT2D eigenvalue weighted by molar-refractivity contribution is 0.410. The summed E-state index contributed by atoms with van der Waals surface area (Å²) in [5, 5.41) is 4.91. The fraction of sp³-hybridized carbons (Fsp3) is 0.625. The van der Waals surface area contributed by atoms with Gasteiger partial charge in [0, 0.05) is 6.54 Å². The van der Waals surface area contributed by atoms with Gasteiger partial charge < -0.3 is 5.32 Å². The molecule has 1 N–H and O–H groups in total. The van der Waals surface area contributed by atoms with Gasteiger partial charge in [0.2, 0.25) is 0 Å². The zero-order valence-electron chi connectivity index (χ0n) is 11.8. The van der Waals surface area contributed by atoms with Crippen LogP contribution < -0.4 is 5.32 Å². The molecule has 19 heavy (non-hydrogen) atoms. The Morgan fingerprint density at radius 3 is 2.79 bits per heavy atom. The van der Waals surface area contributed by atoms with Crippen LogP contribution in [0.5, 0.6) is 0 Å². The third-order valence-corrected chi connectivity index (χ3v) is 5.05. The van der Waals surface area contributed by atoms with E-state index >= 15 is 0 Å². The van der Waals surface area contributed by atoms with Gasteiger partial charge in [0.25, 0.3) is 0 Å². The molecule has 1 aliphatic heterocycles. The summed E-state index contributed by atoms with van der Waals surface area (Å²) in [4.78, 5) is 0. The molecule has 0 aromatic heterocycles. The first kappa shape index (κ1) is 15.2. The molecule has 0 amide bonds. The normalized spacial score (nSPS) is 22.9. The summed E-state index contributed by atoms with van der Waals surface area (Å²) < 4.78 is 0. The van der Waals surface area contributed by atoms with Gasteiger partial charge in [0.05, 0.1) is 10.0 Å². The number of rotatable bonds is 4. The van der Waals surface area contributed by atoms with Gasteiger partial charge >= 0.3 is 0 Å². The minimum absolute atomic E-state index is 0.603. The highest BCUT2D eigenvalue weighted by molar-refractivity contribution is 6.42. The summed E-state index contributed by atoms with van der Waals surface area (Å²) in [7, 11) is 0. The SMILES string of the molecule is CCCCCC1c2ccc(Cl)c(Cl)c2CNCC1C. The lowest BCUT2D eigenvalue weighted by atomic mass is 9.82. The lowest BCUT2D eigenvalue weighted by Crippen LogP contribution is -2.20. The largest absolute Gasteiger partial charge is 0.312 e. The van der Waals surface area contributed by atoms with Gasteiger partial charge in [0.15, 0.2) is 0 Å². The van der Waals surface area contributed by atoms with Crippen molar-refractivity contribution in [2.75, 3.05) is 6.54 Å². The van der Waals surface area contributed by atoms with Crippen LogP contribution in [0.2, 0.25) is 10.0 Å². The van der Waals surface area contributed by atoms with Crippen molar-refractivity contribution in [3.63, 3.8) is 0 Å². The van der Waals surface area contributed by atoms with E-state index in [4.69, 9.17) is 23.2 Å². The zero-order chi connectivity index (χ0) is 13.8. The van der Waals surface area contributed by atoms with Gasteiger partial charge in [-0.15, -0.1) is 0 Å². The molecule has 2 rings (SSSR count). The molecule has 2 atom stereocenters. The molecular formula is C16H23Cl2N. The molecule has 0 fully saturated rings. The first-order chi connectivity index (χ1) is 9.15. The molecule has 0 aliphatic carbocycles. The molecule has 1 aliphatic rings. The Labute approximate surface area is 126 Å². The summed E-state index contributed by atoms with van der Waals surface area (Å²) in [6.07, 6.45) is 5.13. The predicted molar refractivity (Wildman–Crippen MR) is 84.2 cm³/mol. The predicted octanol–water partition coefficient (Wildman–Crippen LogP) is 5.40. The Morgan fingerprint density at radius 2 is 2.05 bits per heavy atom. The lowest BCUT2D eigenvalue weighted by Gasteiger charge is -2.24. The van der Waals surface area contributed by atoms with Crippen molar-refractivity contribution in [1.29, 1.82) is 0 Å². The highest BCUT2D eigenvalue weighted by atomic mass is 35.5. The van der Waals surface area contributed by atoms with Crippen molar-refractivity contribution in [1.82, 2.24) is 5.32 Å². The van der Waals surface area contributed by atoms with Gasteiger partial charge in [-0.3, -0.25) is 0 Å². The minimum Gasteiger partial charge on any atom is -0.312 e. The number of halogens is 2. The summed E-state index contributed by atoms with van der Waals surface area (Å²) in [5.41, 5.74) is 2.61. The Bertz CT molecular complexity index is 431. The standard InChI is InChI=1S/C16H23Cl2N/c1-3-4-5-6-12-11(2)9-19-10-14-13(12)7-8-15(17)16(14)18/h7-8,11-12,19H,3-6,9-10H2,1-2H3. The van der Waals surface area contributed by atoms with E-state index in [-0.39, 0.29) is 0 Å². The molecule has 106 valence electrons. The first-order valence-electron chi connectivity index (χ1n) is 7.32. The Balaban J connectivity index is 2.29. The zero-order valence-corrected chi connectivity index (χ0v) is 13.3. The van der Waals surface area contributed by atoms with Crippen LogP contribution in [0.25, 0.3) is 0 Å². The Morgan fingerprint density at radius 1 is 1.26 bits per heavy atom. The van der Waals surface area contributed by atoms with E-state index in [0.717, 1.165) is 18.1 Å². The van der Waals surface area contributed by atoms with Crippen molar-refractivity contribution in [3.05, 3.63) is 33.3 Å². The highest BCUT2D eigenvalue weighted by Crippen LogP contribution is 2.39. The molecule has 2 unspecified atom stereocenters. The molecule has 3 heteroatoms. The van der Waals surface area contributed by atoms with E-state index in [9.17, 15) is 0 Å². The molecule has 0 radical (unpaired) electrons. The maximum Gasteiger partial charge on any atom is 0.0640 e. The van der Waals surface area contributed by atoms with E-state index in [1.165, 1.54) is 36.8 Å². The van der Waals surface area contributed by atoms with Crippen LogP contribution in [0.15, 0.2) is 12.1 Å². The number of hydrogen-bond acceptors (Lipinski definition) is 1. The summed E-state index contributed by atoms with van der Waals surface area (Å²) in [6, 6.07) is 4.14. The monoisotopic (exact) mass is 299 g/mol. The molecule has 0 saturated heterocycles. The number of nitrogens with one attached hydrogen (secondary N) is 1. The Kier molecular flexibility index (Phi) is 5.56. The highest BCUT2D eigenvalue weighted by Gasteiger charge is 2.26. The fourth-order valence-electron chi connectivity index (χ4n) is 3.06. The fourth-order valence-corrected chi connectivity index (χ4v) is 3.48. The molecule has 1 aromatic rings. The van der Waals surface area contributed by atoms with E-state index in [1.54, 1.807) is 0 Å². The van der Waals surface area contributed by atoms with Gasteiger partial charge in [-0.2, -0.15) is 0 Å². The second kappa shape index (κ2) is 6.97. The second-order valence-electron chi connectivity index (χ2n) is 5.64. The van der Waals surface area contributed by atoms with E-state index in [0.29, 0.717) is 16.9 Å². The second-order valence-corrected chi connectivity index (χ2v) is 6.42. The average molecular weight is 300 g/mol. The van der Waals surface area contributed by atoms with E-state index in [1.807, 2.05) is 6.07 Å². The van der Waals surface area contributed by atoms with Crippen LogP contribution in [-0.2, 0) is 6.54 Å². The topological polar surface area (TPSA) is 12.0 Å². The van der Waals surface area contributed by atoms with Gasteiger partial charge in [-0.1, -0.05) is 62.4 Å². The van der Waals surface area contributed by atoms with Crippen molar-refractivity contribution in [2.45, 2.75) is 52.0 Å². The van der Waals surface area contributed by atoms with Crippen molar-refractivity contribution < 1.29 is 0 Å². The molecule has 0 spiro atoms. The molecule has 1 nitrogen and oxygen atoms in total.